The molecule has 0 spiro atoms. The summed E-state index contributed by atoms with van der Waals surface area (Å²) in [6.07, 6.45) is 1.30. The number of nitrogens with two attached hydrogens (primary N) is 1. The average molecular weight is 353 g/mol. The van der Waals surface area contributed by atoms with Crippen molar-refractivity contribution in [1.29, 1.82) is 0 Å². The molecule has 4 N–H and O–H groups in total. The van der Waals surface area contributed by atoms with Crippen molar-refractivity contribution in [3.8, 4) is 0 Å². The number of benzene rings is 1. The number of nitrogens with one attached hydrogen (secondary N) is 2. The van der Waals surface area contributed by atoms with Gasteiger partial charge < -0.3 is 21.1 Å². The van der Waals surface area contributed by atoms with Gasteiger partial charge in [0.1, 0.15) is 17.5 Å². The average Bonchev–Trinajstić information content (AvgIpc) is 2.51. The van der Waals surface area contributed by atoms with Crippen LogP contribution >= 0.6 is 0 Å². The van der Waals surface area contributed by atoms with Crippen LogP contribution in [-0.2, 0) is 16.1 Å². The molecular formula is C18H28FN3O3. The predicted octanol–water partition coefficient (Wildman–Crippen LogP) is 2.46. The molecule has 25 heavy (non-hydrogen) atoms. The van der Waals surface area contributed by atoms with E-state index in [2.05, 4.69) is 10.6 Å². The van der Waals surface area contributed by atoms with Crippen LogP contribution < -0.4 is 16.4 Å². The number of unbranched alkanes of at least 4 members (excludes halogenated alkanes) is 1. The van der Waals surface area contributed by atoms with Gasteiger partial charge in [-0.3, -0.25) is 4.79 Å². The second-order valence-corrected chi connectivity index (χ2v) is 6.83. The Morgan fingerprint density at radius 3 is 2.40 bits per heavy atom. The summed E-state index contributed by atoms with van der Waals surface area (Å²) in [5, 5.41) is 5.35. The van der Waals surface area contributed by atoms with E-state index < -0.39 is 17.7 Å². The van der Waals surface area contributed by atoms with Crippen LogP contribution in [0.25, 0.3) is 0 Å². The van der Waals surface area contributed by atoms with Crippen molar-refractivity contribution in [2.75, 3.05) is 6.54 Å². The third kappa shape index (κ3) is 9.05. The lowest BCUT2D eigenvalue weighted by molar-refractivity contribution is -0.123. The van der Waals surface area contributed by atoms with E-state index in [4.69, 9.17) is 10.5 Å². The first-order valence-electron chi connectivity index (χ1n) is 8.43. The van der Waals surface area contributed by atoms with Crippen molar-refractivity contribution in [1.82, 2.24) is 10.6 Å². The molecule has 1 aromatic rings. The van der Waals surface area contributed by atoms with Crippen molar-refractivity contribution < 1.29 is 18.7 Å². The SMILES string of the molecule is CC(C)(C)OC(=O)NC(CCCCN)C(=O)NCc1ccc(F)cc1. The van der Waals surface area contributed by atoms with Crippen LogP contribution in [0.2, 0.25) is 0 Å². The van der Waals surface area contributed by atoms with Gasteiger partial charge in [-0.25, -0.2) is 9.18 Å². The Bertz CT molecular complexity index is 556. The number of carbonyl (C=O) groups excluding carboxylic acids is 2. The second-order valence-electron chi connectivity index (χ2n) is 6.83. The molecule has 1 rings (SSSR count). The molecule has 0 aliphatic heterocycles. The van der Waals surface area contributed by atoms with E-state index >= 15 is 0 Å². The highest BCUT2D eigenvalue weighted by atomic mass is 19.1. The van der Waals surface area contributed by atoms with Gasteiger partial charge in [-0.2, -0.15) is 0 Å². The smallest absolute Gasteiger partial charge is 0.408 e. The van der Waals surface area contributed by atoms with Gasteiger partial charge in [0.05, 0.1) is 0 Å². The van der Waals surface area contributed by atoms with Crippen LogP contribution in [0.5, 0.6) is 0 Å². The van der Waals surface area contributed by atoms with Crippen molar-refractivity contribution in [2.45, 2.75) is 58.2 Å². The van der Waals surface area contributed by atoms with Gasteiger partial charge in [-0.15, -0.1) is 0 Å². The molecule has 0 heterocycles. The molecule has 1 aromatic carbocycles. The highest BCUT2D eigenvalue weighted by Crippen LogP contribution is 2.09. The Kier molecular flexibility index (Phi) is 8.34. The van der Waals surface area contributed by atoms with E-state index in [9.17, 15) is 14.0 Å². The first-order valence-corrected chi connectivity index (χ1v) is 8.43. The Balaban J connectivity index is 2.61. The van der Waals surface area contributed by atoms with E-state index in [0.29, 0.717) is 19.4 Å². The molecule has 0 bridgehead atoms. The zero-order valence-electron chi connectivity index (χ0n) is 15.1. The lowest BCUT2D eigenvalue weighted by atomic mass is 10.1. The minimum atomic E-state index is -0.707. The largest absolute Gasteiger partial charge is 0.444 e. The molecule has 0 aliphatic rings. The molecule has 7 heteroatoms. The summed E-state index contributed by atoms with van der Waals surface area (Å²) < 4.78 is 18.1. The fourth-order valence-corrected chi connectivity index (χ4v) is 2.13. The molecule has 140 valence electrons. The maximum atomic E-state index is 12.9. The van der Waals surface area contributed by atoms with Crippen LogP contribution in [0.15, 0.2) is 24.3 Å². The standard InChI is InChI=1S/C18H28FN3O3/c1-18(2,3)25-17(24)22-15(6-4-5-11-20)16(23)21-12-13-7-9-14(19)10-8-13/h7-10,15H,4-6,11-12,20H2,1-3H3,(H,21,23)(H,22,24). The number of alkyl carbamates (subject to hydrolysis) is 1. The number of carbonyl (C=O) groups is 2. The normalized spacial score (nSPS) is 12.4. The number of rotatable bonds is 8. The summed E-state index contributed by atoms with van der Waals surface area (Å²) in [7, 11) is 0. The molecular weight excluding hydrogens is 325 g/mol. The summed E-state index contributed by atoms with van der Waals surface area (Å²) in [6, 6.07) is 5.15. The summed E-state index contributed by atoms with van der Waals surface area (Å²) in [6.45, 7) is 6.04. The molecule has 1 atom stereocenters. The van der Waals surface area contributed by atoms with Gasteiger partial charge in [-0.05, 0) is 64.3 Å². The van der Waals surface area contributed by atoms with E-state index in [1.807, 2.05) is 0 Å². The van der Waals surface area contributed by atoms with Crippen molar-refractivity contribution in [3.63, 3.8) is 0 Å². The van der Waals surface area contributed by atoms with Crippen molar-refractivity contribution in [3.05, 3.63) is 35.6 Å². The molecule has 1 unspecified atom stereocenters. The first-order chi connectivity index (χ1) is 11.7. The predicted molar refractivity (Wildman–Crippen MR) is 94.3 cm³/mol. The number of halogens is 1. The van der Waals surface area contributed by atoms with E-state index in [1.54, 1.807) is 32.9 Å². The molecule has 6 nitrogen and oxygen atoms in total. The minimum Gasteiger partial charge on any atom is -0.444 e. The number of hydrogen-bond acceptors (Lipinski definition) is 4. The Morgan fingerprint density at radius 2 is 1.84 bits per heavy atom. The quantitative estimate of drug-likeness (QED) is 0.626. The molecule has 0 saturated carbocycles. The lowest BCUT2D eigenvalue weighted by Gasteiger charge is -2.23. The Hall–Kier alpha value is -2.15. The van der Waals surface area contributed by atoms with E-state index in [-0.39, 0.29) is 18.3 Å². The van der Waals surface area contributed by atoms with Gasteiger partial charge in [0.15, 0.2) is 0 Å². The third-order valence-corrected chi connectivity index (χ3v) is 3.33. The van der Waals surface area contributed by atoms with Crippen LogP contribution in [0.1, 0.15) is 45.6 Å². The zero-order valence-corrected chi connectivity index (χ0v) is 15.1. The highest BCUT2D eigenvalue weighted by Gasteiger charge is 2.23. The zero-order chi connectivity index (χ0) is 18.9. The van der Waals surface area contributed by atoms with Crippen molar-refractivity contribution >= 4 is 12.0 Å². The van der Waals surface area contributed by atoms with Gasteiger partial charge in [0.25, 0.3) is 0 Å². The van der Waals surface area contributed by atoms with Crippen LogP contribution in [0.4, 0.5) is 9.18 Å². The van der Waals surface area contributed by atoms with Gasteiger partial charge >= 0.3 is 6.09 Å². The molecule has 0 aromatic heterocycles. The monoisotopic (exact) mass is 353 g/mol. The Morgan fingerprint density at radius 1 is 1.20 bits per heavy atom. The molecule has 0 radical (unpaired) electrons. The first kappa shape index (κ1) is 20.9. The second kappa shape index (κ2) is 9.98. The number of hydrogen-bond donors (Lipinski definition) is 3. The third-order valence-electron chi connectivity index (χ3n) is 3.33. The molecule has 0 saturated heterocycles. The van der Waals surface area contributed by atoms with Gasteiger partial charge in [-0.1, -0.05) is 12.1 Å². The van der Waals surface area contributed by atoms with Crippen LogP contribution in [-0.4, -0.2) is 30.2 Å². The lowest BCUT2D eigenvalue weighted by Crippen LogP contribution is -2.48. The highest BCUT2D eigenvalue weighted by molar-refractivity contribution is 5.85. The summed E-state index contributed by atoms with van der Waals surface area (Å²) >= 11 is 0. The molecule has 0 aliphatic carbocycles. The molecule has 0 fully saturated rings. The van der Waals surface area contributed by atoms with Crippen LogP contribution in [0.3, 0.4) is 0 Å². The maximum Gasteiger partial charge on any atom is 0.408 e. The summed E-state index contributed by atoms with van der Waals surface area (Å²) in [5.41, 5.74) is 5.61. The topological polar surface area (TPSA) is 93.4 Å². The van der Waals surface area contributed by atoms with Crippen molar-refractivity contribution in [2.24, 2.45) is 5.73 Å². The summed E-state index contributed by atoms with van der Waals surface area (Å²) in [5.74, 6) is -0.645. The van der Waals surface area contributed by atoms with Gasteiger partial charge in [0.2, 0.25) is 5.91 Å². The molecule has 2 amide bonds. The summed E-state index contributed by atoms with van der Waals surface area (Å²) in [4.78, 5) is 24.3. The minimum absolute atomic E-state index is 0.252. The number of ether oxygens (including phenoxy) is 1. The Labute approximate surface area is 148 Å². The number of amides is 2. The maximum absolute atomic E-state index is 12.9. The fraction of sp³-hybridized carbons (Fsp3) is 0.556. The van der Waals surface area contributed by atoms with Gasteiger partial charge in [0, 0.05) is 6.54 Å². The van der Waals surface area contributed by atoms with E-state index in [1.165, 1.54) is 12.1 Å². The van der Waals surface area contributed by atoms with E-state index in [0.717, 1.165) is 12.0 Å². The van der Waals surface area contributed by atoms with Crippen LogP contribution in [0, 0.1) is 5.82 Å². The fourth-order valence-electron chi connectivity index (χ4n) is 2.13.